The van der Waals surface area contributed by atoms with Gasteiger partial charge in [0.25, 0.3) is 11.8 Å². The summed E-state index contributed by atoms with van der Waals surface area (Å²) in [6.07, 6.45) is -2.44. The summed E-state index contributed by atoms with van der Waals surface area (Å²) in [6, 6.07) is 11.8. The fraction of sp³-hybridized carbons (Fsp3) is 0.286. The Bertz CT molecular complexity index is 960. The number of hydrogen-bond donors (Lipinski definition) is 2. The van der Waals surface area contributed by atoms with E-state index in [1.54, 1.807) is 42.5 Å². The molecule has 0 aliphatic carbocycles. The van der Waals surface area contributed by atoms with Crippen LogP contribution in [0.15, 0.2) is 42.5 Å². The number of nitrogens with one attached hydrogen (secondary N) is 2. The summed E-state index contributed by atoms with van der Waals surface area (Å²) < 4.78 is 21.1. The number of methoxy groups -OCH3 is 2. The minimum absolute atomic E-state index is 0.325. The average molecular weight is 414 g/mol. The molecule has 2 aromatic rings. The van der Waals surface area contributed by atoms with Crippen LogP contribution in [-0.4, -0.2) is 44.2 Å². The van der Waals surface area contributed by atoms with Gasteiger partial charge in [-0.25, -0.2) is 0 Å². The highest BCUT2D eigenvalue weighted by Crippen LogP contribution is 2.30. The van der Waals surface area contributed by atoms with Gasteiger partial charge in [-0.3, -0.25) is 14.4 Å². The zero-order valence-corrected chi connectivity index (χ0v) is 16.8. The lowest BCUT2D eigenvalue weighted by Crippen LogP contribution is -2.40. The Morgan fingerprint density at radius 3 is 2.60 bits per heavy atom. The quantitative estimate of drug-likeness (QED) is 0.669. The maximum absolute atomic E-state index is 12.4. The predicted octanol–water partition coefficient (Wildman–Crippen LogP) is 2.36. The van der Waals surface area contributed by atoms with Gasteiger partial charge in [0.15, 0.2) is 23.7 Å². The molecular weight excluding hydrogens is 392 g/mol. The SMILES string of the molecule is COc1ccc(NC(=O)[C@@H](C)OC(=O)C[C@@H]2Oc3ccccc3NC2=O)cc1OC. The molecule has 0 bridgehead atoms. The zero-order chi connectivity index (χ0) is 21.7. The Kier molecular flexibility index (Phi) is 6.41. The molecule has 1 heterocycles. The molecule has 0 saturated carbocycles. The molecule has 2 aromatic carbocycles. The van der Waals surface area contributed by atoms with Crippen molar-refractivity contribution in [1.82, 2.24) is 0 Å². The van der Waals surface area contributed by atoms with Crippen molar-refractivity contribution in [2.24, 2.45) is 0 Å². The third kappa shape index (κ3) is 4.80. The van der Waals surface area contributed by atoms with Crippen LogP contribution in [0.5, 0.6) is 17.2 Å². The molecule has 2 N–H and O–H groups in total. The second kappa shape index (κ2) is 9.17. The first-order valence-electron chi connectivity index (χ1n) is 9.20. The summed E-state index contributed by atoms with van der Waals surface area (Å²) in [5, 5.41) is 5.31. The number of anilines is 2. The van der Waals surface area contributed by atoms with Crippen LogP contribution >= 0.6 is 0 Å². The molecule has 0 aromatic heterocycles. The number of ether oxygens (including phenoxy) is 4. The molecule has 1 aliphatic heterocycles. The molecular formula is C21H22N2O7. The average Bonchev–Trinajstić information content (AvgIpc) is 2.74. The van der Waals surface area contributed by atoms with Crippen LogP contribution in [0.4, 0.5) is 11.4 Å². The van der Waals surface area contributed by atoms with E-state index in [1.807, 2.05) is 0 Å². The Morgan fingerprint density at radius 2 is 1.87 bits per heavy atom. The van der Waals surface area contributed by atoms with Crippen LogP contribution < -0.4 is 24.8 Å². The van der Waals surface area contributed by atoms with E-state index in [1.165, 1.54) is 21.1 Å². The second-order valence-corrected chi connectivity index (χ2v) is 6.49. The van der Waals surface area contributed by atoms with Gasteiger partial charge in [0.05, 0.1) is 26.3 Å². The van der Waals surface area contributed by atoms with Gasteiger partial charge in [0.2, 0.25) is 0 Å². The number of fused-ring (bicyclic) bond motifs is 1. The van der Waals surface area contributed by atoms with Crippen LogP contribution in [0.25, 0.3) is 0 Å². The number of rotatable bonds is 7. The van der Waals surface area contributed by atoms with Gasteiger partial charge in [0.1, 0.15) is 5.75 Å². The number of carbonyl (C=O) groups is 3. The van der Waals surface area contributed by atoms with Gasteiger partial charge in [-0.1, -0.05) is 12.1 Å². The van der Waals surface area contributed by atoms with Crippen molar-refractivity contribution in [3.05, 3.63) is 42.5 Å². The molecule has 9 nitrogen and oxygen atoms in total. The Labute approximate surface area is 173 Å². The van der Waals surface area contributed by atoms with E-state index in [2.05, 4.69) is 10.6 Å². The topological polar surface area (TPSA) is 112 Å². The zero-order valence-electron chi connectivity index (χ0n) is 16.8. The molecule has 0 saturated heterocycles. The lowest BCUT2D eigenvalue weighted by molar-refractivity contribution is -0.155. The van der Waals surface area contributed by atoms with Gasteiger partial charge >= 0.3 is 5.97 Å². The molecule has 2 amide bonds. The first kappa shape index (κ1) is 21.0. The fourth-order valence-corrected chi connectivity index (χ4v) is 2.84. The Hall–Kier alpha value is -3.75. The van der Waals surface area contributed by atoms with Gasteiger partial charge in [0, 0.05) is 11.8 Å². The molecule has 0 radical (unpaired) electrons. The molecule has 158 valence electrons. The normalized spacial score (nSPS) is 15.7. The highest BCUT2D eigenvalue weighted by Gasteiger charge is 2.31. The molecule has 0 unspecified atom stereocenters. The summed E-state index contributed by atoms with van der Waals surface area (Å²) >= 11 is 0. The van der Waals surface area contributed by atoms with Crippen LogP contribution in [0, 0.1) is 0 Å². The van der Waals surface area contributed by atoms with Crippen LogP contribution in [-0.2, 0) is 19.1 Å². The summed E-state index contributed by atoms with van der Waals surface area (Å²) in [6.45, 7) is 1.44. The highest BCUT2D eigenvalue weighted by atomic mass is 16.6. The van der Waals surface area contributed by atoms with Crippen molar-refractivity contribution in [1.29, 1.82) is 0 Å². The summed E-state index contributed by atoms with van der Waals surface area (Å²) in [5.41, 5.74) is 0.988. The van der Waals surface area contributed by atoms with Crippen molar-refractivity contribution in [2.45, 2.75) is 25.6 Å². The second-order valence-electron chi connectivity index (χ2n) is 6.49. The summed E-state index contributed by atoms with van der Waals surface area (Å²) in [4.78, 5) is 36.7. The molecule has 30 heavy (non-hydrogen) atoms. The maximum atomic E-state index is 12.4. The first-order chi connectivity index (χ1) is 14.4. The number of amides is 2. The molecule has 0 spiro atoms. The monoisotopic (exact) mass is 414 g/mol. The van der Waals surface area contributed by atoms with Gasteiger partial charge in [-0.05, 0) is 31.2 Å². The van der Waals surface area contributed by atoms with Crippen molar-refractivity contribution >= 4 is 29.2 Å². The van der Waals surface area contributed by atoms with E-state index in [4.69, 9.17) is 18.9 Å². The van der Waals surface area contributed by atoms with Gasteiger partial charge in [-0.15, -0.1) is 0 Å². The third-order valence-corrected chi connectivity index (χ3v) is 4.39. The Morgan fingerprint density at radius 1 is 1.13 bits per heavy atom. The predicted molar refractivity (Wildman–Crippen MR) is 108 cm³/mol. The first-order valence-corrected chi connectivity index (χ1v) is 9.20. The Balaban J connectivity index is 1.55. The van der Waals surface area contributed by atoms with Crippen LogP contribution in [0.2, 0.25) is 0 Å². The molecule has 2 atom stereocenters. The van der Waals surface area contributed by atoms with E-state index in [0.717, 1.165) is 0 Å². The summed E-state index contributed by atoms with van der Waals surface area (Å²) in [5.74, 6) is -0.287. The minimum atomic E-state index is -1.08. The molecule has 1 aliphatic rings. The largest absolute Gasteiger partial charge is 0.493 e. The number of benzene rings is 2. The number of esters is 1. The van der Waals surface area contributed by atoms with Crippen LogP contribution in [0.3, 0.4) is 0 Å². The standard InChI is InChI=1S/C21H22N2O7/c1-12(20(25)22-13-8-9-16(27-2)17(10-13)28-3)29-19(24)11-18-21(26)23-14-6-4-5-7-15(14)30-18/h4-10,12,18H,11H2,1-3H3,(H,22,25)(H,23,26)/t12-,18+/m1/s1. The fourth-order valence-electron chi connectivity index (χ4n) is 2.84. The lowest BCUT2D eigenvalue weighted by Gasteiger charge is -2.25. The van der Waals surface area contributed by atoms with Crippen molar-refractivity contribution in [3.63, 3.8) is 0 Å². The molecule has 3 rings (SSSR count). The van der Waals surface area contributed by atoms with Crippen molar-refractivity contribution in [2.75, 3.05) is 24.9 Å². The van der Waals surface area contributed by atoms with Crippen molar-refractivity contribution < 1.29 is 33.3 Å². The molecule has 0 fully saturated rings. The maximum Gasteiger partial charge on any atom is 0.310 e. The lowest BCUT2D eigenvalue weighted by atomic mass is 10.1. The van der Waals surface area contributed by atoms with Crippen LogP contribution in [0.1, 0.15) is 13.3 Å². The van der Waals surface area contributed by atoms with E-state index in [-0.39, 0.29) is 6.42 Å². The van der Waals surface area contributed by atoms with Gasteiger partial charge in [-0.2, -0.15) is 0 Å². The highest BCUT2D eigenvalue weighted by molar-refractivity contribution is 6.00. The number of carbonyl (C=O) groups excluding carboxylic acids is 3. The van der Waals surface area contributed by atoms with E-state index >= 15 is 0 Å². The summed E-state index contributed by atoms with van der Waals surface area (Å²) in [7, 11) is 2.99. The number of hydrogen-bond acceptors (Lipinski definition) is 7. The van der Waals surface area contributed by atoms with Gasteiger partial charge < -0.3 is 29.6 Å². The minimum Gasteiger partial charge on any atom is -0.493 e. The van der Waals surface area contributed by atoms with E-state index in [9.17, 15) is 14.4 Å². The smallest absolute Gasteiger partial charge is 0.310 e. The third-order valence-electron chi connectivity index (χ3n) is 4.39. The van der Waals surface area contributed by atoms with Crippen molar-refractivity contribution in [3.8, 4) is 17.2 Å². The molecule has 9 heteroatoms. The van der Waals surface area contributed by atoms with E-state index in [0.29, 0.717) is 28.6 Å². The number of para-hydroxylation sites is 2. The van der Waals surface area contributed by atoms with E-state index < -0.39 is 30.0 Å².